The zero-order valence-electron chi connectivity index (χ0n) is 9.83. The first-order valence-electron chi connectivity index (χ1n) is 5.53. The molecule has 2 atom stereocenters. The summed E-state index contributed by atoms with van der Waals surface area (Å²) in [6.45, 7) is 4.01. The van der Waals surface area contributed by atoms with Gasteiger partial charge in [-0.2, -0.15) is 0 Å². The number of methoxy groups -OCH3 is 1. The minimum Gasteiger partial charge on any atom is -0.467 e. The summed E-state index contributed by atoms with van der Waals surface area (Å²) >= 11 is 0. The standard InChI is InChI=1S/C11H17N3O2/c1-4-11(10(15)16-3)9-8(12-6-13-9)5-7(2)14-11/h6-7,14H,4-5H2,1-3H3,(H,12,13)/t7-,11+/m1/s1. The van der Waals surface area contributed by atoms with Gasteiger partial charge in [0, 0.05) is 18.2 Å². The van der Waals surface area contributed by atoms with Crippen molar-refractivity contribution in [2.24, 2.45) is 0 Å². The second kappa shape index (κ2) is 3.90. The quantitative estimate of drug-likeness (QED) is 0.725. The number of fused-ring (bicyclic) bond motifs is 1. The molecule has 0 spiro atoms. The predicted octanol–water partition coefficient (Wildman–Crippen LogP) is 0.722. The SMILES string of the molecule is CC[C@]1(C(=O)OC)N[C@H](C)Cc2[nH]cnc21. The molecule has 0 fully saturated rings. The van der Waals surface area contributed by atoms with Gasteiger partial charge in [-0.3, -0.25) is 5.32 Å². The Morgan fingerprint density at radius 1 is 1.75 bits per heavy atom. The van der Waals surface area contributed by atoms with Gasteiger partial charge < -0.3 is 9.72 Å². The molecule has 0 saturated carbocycles. The third kappa shape index (κ3) is 1.43. The molecule has 1 aromatic rings. The summed E-state index contributed by atoms with van der Waals surface area (Å²) in [7, 11) is 1.41. The number of aromatic nitrogens is 2. The number of carbonyl (C=O) groups is 1. The molecule has 88 valence electrons. The Balaban J connectivity index is 2.51. The normalized spacial score (nSPS) is 28.6. The molecule has 5 heteroatoms. The summed E-state index contributed by atoms with van der Waals surface area (Å²) in [5, 5.41) is 3.32. The minimum absolute atomic E-state index is 0.229. The summed E-state index contributed by atoms with van der Waals surface area (Å²) in [5.41, 5.74) is 1.01. The van der Waals surface area contributed by atoms with Crippen LogP contribution in [0.15, 0.2) is 6.33 Å². The molecule has 16 heavy (non-hydrogen) atoms. The minimum atomic E-state index is -0.790. The zero-order valence-corrected chi connectivity index (χ0v) is 9.83. The van der Waals surface area contributed by atoms with E-state index in [9.17, 15) is 4.79 Å². The molecular weight excluding hydrogens is 206 g/mol. The van der Waals surface area contributed by atoms with E-state index in [-0.39, 0.29) is 12.0 Å². The third-order valence-electron chi connectivity index (χ3n) is 3.19. The van der Waals surface area contributed by atoms with E-state index < -0.39 is 5.54 Å². The maximum atomic E-state index is 12.0. The highest BCUT2D eigenvalue weighted by atomic mass is 16.5. The maximum absolute atomic E-state index is 12.0. The molecule has 5 nitrogen and oxygen atoms in total. The van der Waals surface area contributed by atoms with Crippen molar-refractivity contribution in [2.75, 3.05) is 7.11 Å². The number of nitrogens with one attached hydrogen (secondary N) is 2. The molecule has 2 N–H and O–H groups in total. The van der Waals surface area contributed by atoms with Crippen LogP contribution in [0.2, 0.25) is 0 Å². The van der Waals surface area contributed by atoms with Crippen LogP contribution in [0.3, 0.4) is 0 Å². The van der Waals surface area contributed by atoms with E-state index in [0.29, 0.717) is 6.42 Å². The lowest BCUT2D eigenvalue weighted by Crippen LogP contribution is -2.56. The number of H-pyrrole nitrogens is 1. The molecule has 0 aliphatic carbocycles. The number of rotatable bonds is 2. The average Bonchev–Trinajstić information content (AvgIpc) is 2.74. The van der Waals surface area contributed by atoms with Gasteiger partial charge in [0.2, 0.25) is 0 Å². The lowest BCUT2D eigenvalue weighted by Gasteiger charge is -2.37. The van der Waals surface area contributed by atoms with Crippen molar-refractivity contribution in [1.82, 2.24) is 15.3 Å². The van der Waals surface area contributed by atoms with Crippen molar-refractivity contribution in [2.45, 2.75) is 38.3 Å². The summed E-state index contributed by atoms with van der Waals surface area (Å²) in [6.07, 6.45) is 3.12. The zero-order chi connectivity index (χ0) is 11.8. The number of esters is 1. The highest BCUT2D eigenvalue weighted by Crippen LogP contribution is 2.32. The van der Waals surface area contributed by atoms with Gasteiger partial charge >= 0.3 is 5.97 Å². The molecule has 0 bridgehead atoms. The van der Waals surface area contributed by atoms with Crippen molar-refractivity contribution in [3.63, 3.8) is 0 Å². The van der Waals surface area contributed by atoms with Gasteiger partial charge in [-0.15, -0.1) is 0 Å². The van der Waals surface area contributed by atoms with Crippen LogP contribution in [-0.2, 0) is 21.5 Å². The molecule has 0 unspecified atom stereocenters. The Morgan fingerprint density at radius 3 is 3.12 bits per heavy atom. The average molecular weight is 223 g/mol. The number of ether oxygens (including phenoxy) is 1. The summed E-state index contributed by atoms with van der Waals surface area (Å²) in [5.74, 6) is -0.269. The predicted molar refractivity (Wildman–Crippen MR) is 58.9 cm³/mol. The number of hydrogen-bond donors (Lipinski definition) is 2. The van der Waals surface area contributed by atoms with Crippen molar-refractivity contribution in [3.8, 4) is 0 Å². The van der Waals surface area contributed by atoms with Crippen LogP contribution < -0.4 is 5.32 Å². The van der Waals surface area contributed by atoms with E-state index in [1.807, 2.05) is 6.92 Å². The van der Waals surface area contributed by atoms with Crippen LogP contribution in [0.1, 0.15) is 31.7 Å². The first-order chi connectivity index (χ1) is 7.64. The summed E-state index contributed by atoms with van der Waals surface area (Å²) in [6, 6.07) is 0.229. The van der Waals surface area contributed by atoms with Crippen molar-refractivity contribution in [1.29, 1.82) is 0 Å². The van der Waals surface area contributed by atoms with E-state index in [1.54, 1.807) is 6.33 Å². The second-order valence-corrected chi connectivity index (χ2v) is 4.23. The fourth-order valence-corrected chi connectivity index (χ4v) is 2.43. The van der Waals surface area contributed by atoms with E-state index in [4.69, 9.17) is 4.74 Å². The van der Waals surface area contributed by atoms with E-state index in [2.05, 4.69) is 22.2 Å². The van der Waals surface area contributed by atoms with Gasteiger partial charge in [0.25, 0.3) is 0 Å². The van der Waals surface area contributed by atoms with Crippen molar-refractivity contribution < 1.29 is 9.53 Å². The van der Waals surface area contributed by atoms with Crippen LogP contribution in [0.5, 0.6) is 0 Å². The lowest BCUT2D eigenvalue weighted by atomic mass is 9.84. The molecule has 0 amide bonds. The van der Waals surface area contributed by atoms with Gasteiger partial charge in [0.15, 0.2) is 5.54 Å². The summed E-state index contributed by atoms with van der Waals surface area (Å²) in [4.78, 5) is 19.4. The number of imidazole rings is 1. The van der Waals surface area contributed by atoms with Crippen LogP contribution in [0.4, 0.5) is 0 Å². The molecule has 0 saturated heterocycles. The molecular formula is C11H17N3O2. The molecule has 0 aromatic carbocycles. The van der Waals surface area contributed by atoms with Gasteiger partial charge in [0.05, 0.1) is 19.1 Å². The number of nitrogens with zero attached hydrogens (tertiary/aromatic N) is 1. The molecule has 2 heterocycles. The van der Waals surface area contributed by atoms with Crippen molar-refractivity contribution >= 4 is 5.97 Å². The first kappa shape index (κ1) is 11.1. The number of hydrogen-bond acceptors (Lipinski definition) is 4. The highest BCUT2D eigenvalue weighted by Gasteiger charge is 2.46. The molecule has 1 aliphatic heterocycles. The van der Waals surface area contributed by atoms with Crippen LogP contribution >= 0.6 is 0 Å². The maximum Gasteiger partial charge on any atom is 0.332 e. The lowest BCUT2D eigenvalue weighted by molar-refractivity contribution is -0.150. The first-order valence-corrected chi connectivity index (χ1v) is 5.53. The molecule has 0 radical (unpaired) electrons. The van der Waals surface area contributed by atoms with Crippen LogP contribution in [0.25, 0.3) is 0 Å². The number of carbonyl (C=O) groups excluding carboxylic acids is 1. The third-order valence-corrected chi connectivity index (χ3v) is 3.19. The summed E-state index contributed by atoms with van der Waals surface area (Å²) < 4.78 is 4.90. The Bertz CT molecular complexity index is 402. The molecule has 1 aliphatic rings. The van der Waals surface area contributed by atoms with Gasteiger partial charge in [-0.05, 0) is 13.3 Å². The Kier molecular flexibility index (Phi) is 2.71. The smallest absolute Gasteiger partial charge is 0.332 e. The Hall–Kier alpha value is -1.36. The van der Waals surface area contributed by atoms with E-state index in [1.165, 1.54) is 7.11 Å². The molecule has 2 rings (SSSR count). The van der Waals surface area contributed by atoms with Gasteiger partial charge in [-0.1, -0.05) is 6.92 Å². The Labute approximate surface area is 94.6 Å². The van der Waals surface area contributed by atoms with Gasteiger partial charge in [-0.25, -0.2) is 9.78 Å². The largest absolute Gasteiger partial charge is 0.467 e. The van der Waals surface area contributed by atoms with E-state index >= 15 is 0 Å². The molecule has 1 aromatic heterocycles. The number of aromatic amines is 1. The monoisotopic (exact) mass is 223 g/mol. The van der Waals surface area contributed by atoms with Crippen LogP contribution in [-0.4, -0.2) is 29.1 Å². The Morgan fingerprint density at radius 2 is 2.50 bits per heavy atom. The van der Waals surface area contributed by atoms with Crippen LogP contribution in [0, 0.1) is 0 Å². The fraction of sp³-hybridized carbons (Fsp3) is 0.636. The second-order valence-electron chi connectivity index (χ2n) is 4.23. The van der Waals surface area contributed by atoms with E-state index in [0.717, 1.165) is 17.8 Å². The van der Waals surface area contributed by atoms with Crippen molar-refractivity contribution in [3.05, 3.63) is 17.7 Å². The van der Waals surface area contributed by atoms with Gasteiger partial charge in [0.1, 0.15) is 0 Å². The highest BCUT2D eigenvalue weighted by molar-refractivity contribution is 5.82. The fourth-order valence-electron chi connectivity index (χ4n) is 2.43. The topological polar surface area (TPSA) is 67.0 Å².